The Kier molecular flexibility index (Phi) is 4.76. The average Bonchev–Trinajstić information content (AvgIpc) is 2.56. The van der Waals surface area contributed by atoms with E-state index in [0.717, 1.165) is 10.7 Å². The molecule has 2 aromatic carbocycles. The normalized spacial score (nSPS) is 20.0. The minimum atomic E-state index is -0.00294. The SMILES string of the molecule is Clc1ccc(NC(c2ccccc2)C2COCCO2)cc1. The van der Waals surface area contributed by atoms with Gasteiger partial charge in [-0.25, -0.2) is 0 Å². The van der Waals surface area contributed by atoms with E-state index < -0.39 is 0 Å². The standard InChI is InChI=1S/C17H18ClNO2/c18-14-6-8-15(9-7-14)19-17(13-4-2-1-3-5-13)16-12-20-10-11-21-16/h1-9,16-17,19H,10-12H2. The van der Waals surface area contributed by atoms with E-state index in [4.69, 9.17) is 21.1 Å². The summed E-state index contributed by atoms with van der Waals surface area (Å²) in [5.41, 5.74) is 2.20. The Bertz CT molecular complexity index is 553. The maximum Gasteiger partial charge on any atom is 0.105 e. The molecule has 0 amide bonds. The first-order valence-electron chi connectivity index (χ1n) is 7.09. The van der Waals surface area contributed by atoms with Crippen LogP contribution < -0.4 is 5.32 Å². The number of anilines is 1. The van der Waals surface area contributed by atoms with Crippen molar-refractivity contribution in [3.63, 3.8) is 0 Å². The molecule has 0 aromatic heterocycles. The molecule has 2 atom stereocenters. The average molecular weight is 304 g/mol. The van der Waals surface area contributed by atoms with Crippen LogP contribution in [0.25, 0.3) is 0 Å². The highest BCUT2D eigenvalue weighted by molar-refractivity contribution is 6.30. The summed E-state index contributed by atoms with van der Waals surface area (Å²) >= 11 is 5.94. The van der Waals surface area contributed by atoms with Crippen molar-refractivity contribution in [3.05, 3.63) is 65.2 Å². The number of benzene rings is 2. The summed E-state index contributed by atoms with van der Waals surface area (Å²) < 4.78 is 11.4. The summed E-state index contributed by atoms with van der Waals surface area (Å²) in [6, 6.07) is 18.1. The van der Waals surface area contributed by atoms with E-state index in [1.807, 2.05) is 42.5 Å². The molecule has 0 bridgehead atoms. The molecule has 0 spiro atoms. The van der Waals surface area contributed by atoms with E-state index >= 15 is 0 Å². The minimum Gasteiger partial charge on any atom is -0.376 e. The second kappa shape index (κ2) is 6.94. The predicted octanol–water partition coefficient (Wildman–Crippen LogP) is 3.91. The molecule has 110 valence electrons. The molecule has 1 N–H and O–H groups in total. The van der Waals surface area contributed by atoms with Crippen LogP contribution >= 0.6 is 11.6 Å². The Labute approximate surface area is 129 Å². The van der Waals surface area contributed by atoms with Gasteiger partial charge in [-0.2, -0.15) is 0 Å². The van der Waals surface area contributed by atoms with Crippen molar-refractivity contribution in [2.24, 2.45) is 0 Å². The smallest absolute Gasteiger partial charge is 0.105 e. The minimum absolute atomic E-state index is 0.00294. The molecule has 2 unspecified atom stereocenters. The second-order valence-corrected chi connectivity index (χ2v) is 5.46. The van der Waals surface area contributed by atoms with Gasteiger partial charge >= 0.3 is 0 Å². The van der Waals surface area contributed by atoms with Crippen molar-refractivity contribution < 1.29 is 9.47 Å². The zero-order valence-electron chi connectivity index (χ0n) is 11.7. The molecule has 1 aliphatic rings. The molecule has 21 heavy (non-hydrogen) atoms. The van der Waals surface area contributed by atoms with Crippen LogP contribution in [0.2, 0.25) is 5.02 Å². The third-order valence-electron chi connectivity index (χ3n) is 3.54. The van der Waals surface area contributed by atoms with Crippen LogP contribution in [-0.2, 0) is 9.47 Å². The molecule has 2 aromatic rings. The second-order valence-electron chi connectivity index (χ2n) is 5.02. The van der Waals surface area contributed by atoms with Crippen molar-refractivity contribution in [3.8, 4) is 0 Å². The van der Waals surface area contributed by atoms with Gasteiger partial charge in [0, 0.05) is 10.7 Å². The number of hydrogen-bond donors (Lipinski definition) is 1. The first kappa shape index (κ1) is 14.4. The van der Waals surface area contributed by atoms with Crippen LogP contribution in [0.1, 0.15) is 11.6 Å². The lowest BCUT2D eigenvalue weighted by atomic mass is 10.0. The van der Waals surface area contributed by atoms with Gasteiger partial charge in [0.05, 0.1) is 25.9 Å². The molecule has 1 saturated heterocycles. The fraction of sp³-hybridized carbons (Fsp3) is 0.294. The maximum atomic E-state index is 5.94. The van der Waals surface area contributed by atoms with E-state index in [9.17, 15) is 0 Å². The van der Waals surface area contributed by atoms with Gasteiger partial charge in [0.1, 0.15) is 6.10 Å². The summed E-state index contributed by atoms with van der Waals surface area (Å²) in [5.74, 6) is 0. The monoisotopic (exact) mass is 303 g/mol. The van der Waals surface area contributed by atoms with E-state index in [-0.39, 0.29) is 12.1 Å². The lowest BCUT2D eigenvalue weighted by Gasteiger charge is -2.32. The molecule has 3 rings (SSSR count). The lowest BCUT2D eigenvalue weighted by Crippen LogP contribution is -2.37. The topological polar surface area (TPSA) is 30.5 Å². The zero-order chi connectivity index (χ0) is 14.5. The summed E-state index contributed by atoms with van der Waals surface area (Å²) in [5, 5.41) is 4.26. The van der Waals surface area contributed by atoms with E-state index in [1.165, 1.54) is 5.56 Å². The molecule has 1 fully saturated rings. The Morgan fingerprint density at radius 2 is 1.76 bits per heavy atom. The van der Waals surface area contributed by atoms with Gasteiger partial charge in [-0.15, -0.1) is 0 Å². The van der Waals surface area contributed by atoms with Crippen molar-refractivity contribution in [2.45, 2.75) is 12.1 Å². The van der Waals surface area contributed by atoms with Crippen LogP contribution in [0.4, 0.5) is 5.69 Å². The number of ether oxygens (including phenoxy) is 2. The first-order valence-corrected chi connectivity index (χ1v) is 7.47. The number of rotatable bonds is 4. The van der Waals surface area contributed by atoms with Gasteiger partial charge in [0.2, 0.25) is 0 Å². The molecule has 1 aliphatic heterocycles. The van der Waals surface area contributed by atoms with Crippen LogP contribution in [0.15, 0.2) is 54.6 Å². The van der Waals surface area contributed by atoms with E-state index in [1.54, 1.807) is 0 Å². The predicted molar refractivity (Wildman–Crippen MR) is 84.8 cm³/mol. The third-order valence-corrected chi connectivity index (χ3v) is 3.79. The molecular formula is C17H18ClNO2. The molecule has 0 aliphatic carbocycles. The van der Waals surface area contributed by atoms with Gasteiger partial charge in [0.25, 0.3) is 0 Å². The highest BCUT2D eigenvalue weighted by Gasteiger charge is 2.26. The van der Waals surface area contributed by atoms with Gasteiger partial charge in [-0.05, 0) is 29.8 Å². The van der Waals surface area contributed by atoms with Crippen LogP contribution in [0.5, 0.6) is 0 Å². The summed E-state index contributed by atoms with van der Waals surface area (Å²) in [7, 11) is 0. The molecule has 3 nitrogen and oxygen atoms in total. The van der Waals surface area contributed by atoms with E-state index in [0.29, 0.717) is 19.8 Å². The highest BCUT2D eigenvalue weighted by atomic mass is 35.5. The van der Waals surface area contributed by atoms with Crippen LogP contribution in [-0.4, -0.2) is 25.9 Å². The molecule has 4 heteroatoms. The Morgan fingerprint density at radius 1 is 1.00 bits per heavy atom. The highest BCUT2D eigenvalue weighted by Crippen LogP contribution is 2.26. The van der Waals surface area contributed by atoms with E-state index in [2.05, 4.69) is 17.4 Å². The molecule has 0 saturated carbocycles. The quantitative estimate of drug-likeness (QED) is 0.929. The summed E-state index contributed by atoms with van der Waals surface area (Å²) in [6.07, 6.45) is -0.00294. The summed E-state index contributed by atoms with van der Waals surface area (Å²) in [4.78, 5) is 0. The summed E-state index contributed by atoms with van der Waals surface area (Å²) in [6.45, 7) is 1.90. The molecule has 0 radical (unpaired) electrons. The fourth-order valence-corrected chi connectivity index (χ4v) is 2.60. The lowest BCUT2D eigenvalue weighted by molar-refractivity contribution is -0.0950. The fourth-order valence-electron chi connectivity index (χ4n) is 2.48. The number of halogens is 1. The number of hydrogen-bond acceptors (Lipinski definition) is 3. The van der Waals surface area contributed by atoms with Crippen LogP contribution in [0, 0.1) is 0 Å². The van der Waals surface area contributed by atoms with Gasteiger partial charge in [-0.3, -0.25) is 0 Å². The first-order chi connectivity index (χ1) is 10.3. The van der Waals surface area contributed by atoms with Gasteiger partial charge < -0.3 is 14.8 Å². The van der Waals surface area contributed by atoms with Crippen molar-refractivity contribution in [2.75, 3.05) is 25.1 Å². The van der Waals surface area contributed by atoms with Crippen LogP contribution in [0.3, 0.4) is 0 Å². The van der Waals surface area contributed by atoms with Gasteiger partial charge in [0.15, 0.2) is 0 Å². The van der Waals surface area contributed by atoms with Gasteiger partial charge in [-0.1, -0.05) is 41.9 Å². The third kappa shape index (κ3) is 3.76. The largest absolute Gasteiger partial charge is 0.376 e. The van der Waals surface area contributed by atoms with Crippen molar-refractivity contribution >= 4 is 17.3 Å². The van der Waals surface area contributed by atoms with Crippen molar-refractivity contribution in [1.82, 2.24) is 0 Å². The van der Waals surface area contributed by atoms with Crippen molar-refractivity contribution in [1.29, 1.82) is 0 Å². The Morgan fingerprint density at radius 3 is 2.43 bits per heavy atom. The molecular weight excluding hydrogens is 286 g/mol. The number of nitrogens with one attached hydrogen (secondary N) is 1. The Hall–Kier alpha value is -1.55. The Balaban J connectivity index is 1.83. The zero-order valence-corrected chi connectivity index (χ0v) is 12.4. The maximum absolute atomic E-state index is 5.94. The molecule has 1 heterocycles.